The minimum atomic E-state index is -0.641. The second-order valence-electron chi connectivity index (χ2n) is 16.8. The first-order chi connectivity index (χ1) is 35.9. The van der Waals surface area contributed by atoms with Gasteiger partial charge < -0.3 is 41.0 Å². The van der Waals surface area contributed by atoms with Crippen LogP contribution in [0.5, 0.6) is 23.0 Å². The van der Waals surface area contributed by atoms with Gasteiger partial charge in [0.05, 0.1) is 47.8 Å². The molecule has 0 fully saturated rings. The van der Waals surface area contributed by atoms with E-state index in [1.807, 2.05) is 12.1 Å². The number of ether oxygens (including phenoxy) is 2. The van der Waals surface area contributed by atoms with E-state index in [1.54, 1.807) is 159 Å². The topological polar surface area (TPSA) is 225 Å². The molecule has 0 aliphatic heterocycles. The quantitative estimate of drug-likeness (QED) is 0.0573. The summed E-state index contributed by atoms with van der Waals surface area (Å²) in [6.45, 7) is 3.54. The number of nitrogens with zero attached hydrogens (tertiary/aromatic N) is 4. The van der Waals surface area contributed by atoms with E-state index in [0.717, 1.165) is 0 Å². The summed E-state index contributed by atoms with van der Waals surface area (Å²) in [5.41, 5.74) is 4.10. The lowest BCUT2D eigenvalue weighted by atomic mass is 10.0. The van der Waals surface area contributed by atoms with Crippen LogP contribution in [0.15, 0.2) is 190 Å². The van der Waals surface area contributed by atoms with Gasteiger partial charge in [-0.1, -0.05) is 84.9 Å². The lowest BCUT2D eigenvalue weighted by Crippen LogP contribution is -2.16. The van der Waals surface area contributed by atoms with Crippen molar-refractivity contribution in [2.45, 2.75) is 13.8 Å². The number of fused-ring (bicyclic) bond motifs is 2. The number of phenolic OH excluding ortho intramolecular Hbond substituents is 2. The number of para-hydroxylation sites is 2. The van der Waals surface area contributed by atoms with Crippen molar-refractivity contribution in [3.63, 3.8) is 0 Å². The number of nitrogens with one attached hydrogen (secondary N) is 4. The Balaban J connectivity index is 0.950. The molecule has 0 saturated heterocycles. The van der Waals surface area contributed by atoms with Crippen LogP contribution in [-0.2, 0) is 0 Å². The van der Waals surface area contributed by atoms with Crippen LogP contribution < -0.4 is 30.7 Å². The average Bonchev–Trinajstić information content (AvgIpc) is 3.42. The summed E-state index contributed by atoms with van der Waals surface area (Å²) in [5.74, 6) is -2.34. The summed E-state index contributed by atoms with van der Waals surface area (Å²) in [4.78, 5) is 54.7. The number of amides is 4. The average molecular weight is 983 g/mol. The molecule has 0 aromatic heterocycles. The predicted octanol–water partition coefficient (Wildman–Crippen LogP) is 13.9. The number of carbonyl (C=O) groups excluding carboxylic acids is 4. The molecular formula is C58H46N8O8. The first-order valence-electron chi connectivity index (χ1n) is 23.1. The number of phenols is 2. The van der Waals surface area contributed by atoms with Crippen LogP contribution in [0.25, 0.3) is 21.5 Å². The molecule has 366 valence electrons. The van der Waals surface area contributed by atoms with E-state index in [2.05, 4.69) is 41.7 Å². The molecule has 0 aliphatic carbocycles. The Kier molecular flexibility index (Phi) is 14.1. The van der Waals surface area contributed by atoms with Crippen molar-refractivity contribution in [2.75, 3.05) is 35.5 Å². The van der Waals surface area contributed by atoms with Gasteiger partial charge in [0, 0.05) is 33.5 Å². The molecule has 0 saturated carbocycles. The second-order valence-corrected chi connectivity index (χ2v) is 16.8. The molecule has 0 atom stereocenters. The Morgan fingerprint density at radius 3 is 1.16 bits per heavy atom. The number of methoxy groups -OCH3 is 2. The number of azo groups is 2. The Morgan fingerprint density at radius 2 is 0.770 bits per heavy atom. The third-order valence-electron chi connectivity index (χ3n) is 12.2. The molecule has 6 N–H and O–H groups in total. The molecular weight excluding hydrogens is 937 g/mol. The molecule has 0 aliphatic rings. The van der Waals surface area contributed by atoms with Crippen molar-refractivity contribution in [3.05, 3.63) is 203 Å². The number of hydrogen-bond acceptors (Lipinski definition) is 12. The van der Waals surface area contributed by atoms with Gasteiger partial charge in [0.15, 0.2) is 11.5 Å². The number of benzene rings is 9. The number of aromatic hydroxyl groups is 2. The van der Waals surface area contributed by atoms with Crippen molar-refractivity contribution in [2.24, 2.45) is 20.5 Å². The van der Waals surface area contributed by atoms with E-state index in [-0.39, 0.29) is 45.0 Å². The fraction of sp³-hybridized carbons (Fsp3) is 0.0690. The zero-order valence-corrected chi connectivity index (χ0v) is 40.3. The number of anilines is 4. The van der Waals surface area contributed by atoms with Crippen LogP contribution in [0, 0.1) is 13.8 Å². The molecule has 9 aromatic carbocycles. The van der Waals surface area contributed by atoms with Gasteiger partial charge >= 0.3 is 0 Å². The van der Waals surface area contributed by atoms with Crippen molar-refractivity contribution in [1.29, 1.82) is 0 Å². The first kappa shape index (κ1) is 48.8. The SMILES string of the molecule is COc1ccc(N=Nc2c(O)c(C(=O)Nc3ccc(NC(=O)c4cc5ccccc5c(N=Nc5ccc(OC)c(C(=O)Nc6ccccc6)c5)c4O)c(C)c3C)cc3ccccc23)cc1C(=O)Nc1ccccc1. The van der Waals surface area contributed by atoms with Crippen LogP contribution in [-0.4, -0.2) is 48.1 Å². The second kappa shape index (κ2) is 21.4. The summed E-state index contributed by atoms with van der Waals surface area (Å²) in [5, 5.41) is 54.6. The van der Waals surface area contributed by atoms with Gasteiger partial charge in [-0.2, -0.15) is 10.2 Å². The Morgan fingerprint density at radius 1 is 0.405 bits per heavy atom. The summed E-state index contributed by atoms with van der Waals surface area (Å²) in [6.07, 6.45) is 0. The fourth-order valence-corrected chi connectivity index (χ4v) is 8.18. The molecule has 0 radical (unpaired) electrons. The van der Waals surface area contributed by atoms with Gasteiger partial charge in [-0.25, -0.2) is 0 Å². The van der Waals surface area contributed by atoms with E-state index in [4.69, 9.17) is 9.47 Å². The molecule has 16 nitrogen and oxygen atoms in total. The zero-order valence-electron chi connectivity index (χ0n) is 40.3. The highest BCUT2D eigenvalue weighted by Crippen LogP contribution is 2.42. The number of carbonyl (C=O) groups is 4. The van der Waals surface area contributed by atoms with Gasteiger partial charge in [0.25, 0.3) is 23.6 Å². The molecule has 0 spiro atoms. The number of rotatable bonds is 14. The molecule has 9 rings (SSSR count). The van der Waals surface area contributed by atoms with Crippen LogP contribution in [0.4, 0.5) is 45.5 Å². The highest BCUT2D eigenvalue weighted by atomic mass is 16.5. The van der Waals surface area contributed by atoms with Crippen molar-refractivity contribution >= 4 is 90.7 Å². The van der Waals surface area contributed by atoms with E-state index < -0.39 is 35.1 Å². The Hall–Kier alpha value is -10.2. The van der Waals surface area contributed by atoms with E-state index >= 15 is 0 Å². The van der Waals surface area contributed by atoms with Crippen LogP contribution in [0.2, 0.25) is 0 Å². The largest absolute Gasteiger partial charge is 0.505 e. The van der Waals surface area contributed by atoms with Crippen molar-refractivity contribution in [3.8, 4) is 23.0 Å². The van der Waals surface area contributed by atoms with E-state index in [1.165, 1.54) is 26.4 Å². The van der Waals surface area contributed by atoms with Gasteiger partial charge in [-0.3, -0.25) is 19.2 Å². The van der Waals surface area contributed by atoms with Crippen LogP contribution in [0.1, 0.15) is 52.6 Å². The Labute approximate surface area is 424 Å². The van der Waals surface area contributed by atoms with E-state index in [9.17, 15) is 29.4 Å². The highest BCUT2D eigenvalue weighted by molar-refractivity contribution is 6.14. The first-order valence-corrected chi connectivity index (χ1v) is 23.1. The molecule has 0 unspecified atom stereocenters. The standard InChI is InChI=1S/C58H46N8O8/c1-33-34(2)48(62-58(72)46-30-36-16-12-14-22-42(36)52(54(46)68)66-64-40-24-28-50(74-4)44(32-40)56(70)60-38-19-9-6-10-20-38)26-25-47(33)61-57(71)45-29-35-15-11-13-21-41(35)51(53(45)67)65-63-39-23-27-49(73-3)43(31-39)55(69)59-37-17-7-5-8-18-37/h5-32,67-68H,1-4H3,(H,59,69)(H,60,70)(H,61,71)(H,62,72). The van der Waals surface area contributed by atoms with Crippen LogP contribution >= 0.6 is 0 Å². The molecule has 74 heavy (non-hydrogen) atoms. The monoisotopic (exact) mass is 982 g/mol. The molecule has 16 heteroatoms. The summed E-state index contributed by atoms with van der Waals surface area (Å²) in [7, 11) is 2.91. The molecule has 0 bridgehead atoms. The number of hydrogen-bond donors (Lipinski definition) is 6. The van der Waals surface area contributed by atoms with Gasteiger partial charge in [-0.05, 0) is 121 Å². The molecule has 9 aromatic rings. The van der Waals surface area contributed by atoms with Crippen molar-refractivity contribution in [1.82, 2.24) is 0 Å². The third kappa shape index (κ3) is 10.3. The van der Waals surface area contributed by atoms with Crippen molar-refractivity contribution < 1.29 is 38.9 Å². The normalized spacial score (nSPS) is 11.2. The van der Waals surface area contributed by atoms with Crippen LogP contribution in [0.3, 0.4) is 0 Å². The van der Waals surface area contributed by atoms with Gasteiger partial charge in [-0.15, -0.1) is 10.2 Å². The fourth-order valence-electron chi connectivity index (χ4n) is 8.18. The Bertz CT molecular complexity index is 3490. The maximum Gasteiger partial charge on any atom is 0.259 e. The summed E-state index contributed by atoms with van der Waals surface area (Å²) in [6, 6.07) is 47.9. The zero-order chi connectivity index (χ0) is 51.9. The van der Waals surface area contributed by atoms with E-state index in [0.29, 0.717) is 66.9 Å². The minimum absolute atomic E-state index is 0.0327. The predicted molar refractivity (Wildman–Crippen MR) is 286 cm³/mol. The summed E-state index contributed by atoms with van der Waals surface area (Å²) >= 11 is 0. The summed E-state index contributed by atoms with van der Waals surface area (Å²) < 4.78 is 10.9. The lowest BCUT2D eigenvalue weighted by Gasteiger charge is -2.17. The lowest BCUT2D eigenvalue weighted by molar-refractivity contribution is 0.101. The van der Waals surface area contributed by atoms with Gasteiger partial charge in [0.2, 0.25) is 0 Å². The molecule has 0 heterocycles. The highest BCUT2D eigenvalue weighted by Gasteiger charge is 2.23. The minimum Gasteiger partial charge on any atom is -0.505 e. The molecule has 4 amide bonds. The maximum atomic E-state index is 14.1. The van der Waals surface area contributed by atoms with Gasteiger partial charge in [0.1, 0.15) is 22.9 Å². The maximum absolute atomic E-state index is 14.1. The smallest absolute Gasteiger partial charge is 0.259 e. The third-order valence-corrected chi connectivity index (χ3v) is 12.2.